The third-order valence-electron chi connectivity index (χ3n) is 2.67. The molecule has 2 nitrogen and oxygen atoms in total. The van der Waals surface area contributed by atoms with Crippen molar-refractivity contribution in [3.63, 3.8) is 0 Å². The monoisotopic (exact) mass is 268 g/mol. The van der Waals surface area contributed by atoms with Crippen LogP contribution in [-0.4, -0.2) is 10.3 Å². The highest BCUT2D eigenvalue weighted by atomic mass is 79.9. The number of halogens is 1. The molecule has 0 atom stereocenters. The van der Waals surface area contributed by atoms with Crippen LogP contribution in [0.1, 0.15) is 36.2 Å². The number of aryl methyl sites for hydroxylation is 1. The predicted octanol–water partition coefficient (Wildman–Crippen LogP) is 3.33. The molecule has 1 aliphatic rings. The van der Waals surface area contributed by atoms with Gasteiger partial charge in [0.1, 0.15) is 11.4 Å². The summed E-state index contributed by atoms with van der Waals surface area (Å²) in [6.45, 7) is 4.17. The molecule has 15 heavy (non-hydrogen) atoms. The first-order chi connectivity index (χ1) is 6.98. The van der Waals surface area contributed by atoms with Gasteiger partial charge in [0, 0.05) is 5.56 Å². The summed E-state index contributed by atoms with van der Waals surface area (Å²) in [7, 11) is 0. The number of carbonyl (C=O) groups excluding carboxylic acids is 1. The molecule has 1 aliphatic heterocycles. The third kappa shape index (κ3) is 2.23. The highest BCUT2D eigenvalue weighted by Gasteiger charge is 2.26. The molecule has 1 aromatic carbocycles. The van der Waals surface area contributed by atoms with Crippen molar-refractivity contribution in [3.05, 3.63) is 29.3 Å². The van der Waals surface area contributed by atoms with Crippen molar-refractivity contribution in [1.82, 2.24) is 0 Å². The molecule has 0 unspecified atom stereocenters. The molecule has 0 amide bonds. The van der Waals surface area contributed by atoms with Gasteiger partial charge in [0.05, 0.1) is 0 Å². The van der Waals surface area contributed by atoms with Crippen LogP contribution in [0.3, 0.4) is 0 Å². The summed E-state index contributed by atoms with van der Waals surface area (Å²) >= 11 is 2.95. The van der Waals surface area contributed by atoms with Gasteiger partial charge in [0.2, 0.25) is 4.69 Å². The summed E-state index contributed by atoms with van der Waals surface area (Å²) < 4.78 is 5.75. The van der Waals surface area contributed by atoms with Gasteiger partial charge < -0.3 is 4.74 Å². The second-order valence-corrected chi connectivity index (χ2v) is 5.18. The Bertz CT molecular complexity index is 410. The van der Waals surface area contributed by atoms with Crippen LogP contribution in [0.5, 0.6) is 5.75 Å². The van der Waals surface area contributed by atoms with Gasteiger partial charge in [-0.2, -0.15) is 0 Å². The highest BCUT2D eigenvalue weighted by Crippen LogP contribution is 2.33. The number of benzene rings is 1. The van der Waals surface area contributed by atoms with Crippen LogP contribution in [0.4, 0.5) is 0 Å². The van der Waals surface area contributed by atoms with Crippen LogP contribution in [0, 0.1) is 0 Å². The Balaban J connectivity index is 2.36. The maximum Gasteiger partial charge on any atom is 0.228 e. The molecule has 0 saturated heterocycles. The third-order valence-corrected chi connectivity index (χ3v) is 3.13. The Kier molecular flexibility index (Phi) is 2.59. The fraction of sp³-hybridized carbons (Fsp3) is 0.417. The topological polar surface area (TPSA) is 26.3 Å². The van der Waals surface area contributed by atoms with Gasteiger partial charge >= 0.3 is 0 Å². The van der Waals surface area contributed by atoms with E-state index in [0.29, 0.717) is 5.56 Å². The molecule has 0 saturated carbocycles. The normalized spacial score (nSPS) is 17.8. The Morgan fingerprint density at radius 1 is 1.47 bits per heavy atom. The summed E-state index contributed by atoms with van der Waals surface area (Å²) in [6, 6.07) is 5.57. The molecular weight excluding hydrogens is 256 g/mol. The molecule has 3 heteroatoms. The zero-order valence-electron chi connectivity index (χ0n) is 8.84. The van der Waals surface area contributed by atoms with E-state index in [2.05, 4.69) is 29.8 Å². The van der Waals surface area contributed by atoms with Crippen molar-refractivity contribution in [2.45, 2.75) is 32.3 Å². The van der Waals surface area contributed by atoms with Crippen molar-refractivity contribution < 1.29 is 9.53 Å². The fourth-order valence-corrected chi connectivity index (χ4v) is 2.03. The van der Waals surface area contributed by atoms with E-state index in [-0.39, 0.29) is 10.3 Å². The molecule has 0 aromatic heterocycles. The van der Waals surface area contributed by atoms with Crippen LogP contribution >= 0.6 is 15.9 Å². The molecule has 80 valence electrons. The first-order valence-corrected chi connectivity index (χ1v) is 5.79. The minimum Gasteiger partial charge on any atom is -0.488 e. The lowest BCUT2D eigenvalue weighted by molar-refractivity contribution is 0.0846. The molecule has 0 aliphatic carbocycles. The first-order valence-electron chi connectivity index (χ1n) is 5.00. The van der Waals surface area contributed by atoms with E-state index >= 15 is 0 Å². The zero-order chi connectivity index (χ0) is 11.1. The Hall–Kier alpha value is -0.830. The SMILES string of the molecule is CC1(C)CCc2cc(C(=O)Br)ccc2O1. The van der Waals surface area contributed by atoms with Crippen LogP contribution in [0.25, 0.3) is 0 Å². The summed E-state index contributed by atoms with van der Waals surface area (Å²) in [5.74, 6) is 0.906. The second kappa shape index (κ2) is 3.63. The quantitative estimate of drug-likeness (QED) is 0.731. The Labute approximate surface area is 97.8 Å². The fourth-order valence-electron chi connectivity index (χ4n) is 1.78. The summed E-state index contributed by atoms with van der Waals surface area (Å²) in [5, 5.41) is 0. The molecule has 0 radical (unpaired) electrons. The van der Waals surface area contributed by atoms with Crippen molar-refractivity contribution in [2.75, 3.05) is 0 Å². The molecule has 0 spiro atoms. The Morgan fingerprint density at radius 3 is 2.87 bits per heavy atom. The molecule has 2 rings (SSSR count). The molecule has 1 heterocycles. The van der Waals surface area contributed by atoms with E-state index in [4.69, 9.17) is 4.74 Å². The van der Waals surface area contributed by atoms with Gasteiger partial charge in [-0.15, -0.1) is 0 Å². The number of ether oxygens (including phenoxy) is 1. The van der Waals surface area contributed by atoms with Gasteiger partial charge in [0.15, 0.2) is 0 Å². The van der Waals surface area contributed by atoms with E-state index in [1.54, 1.807) is 6.07 Å². The van der Waals surface area contributed by atoms with E-state index in [1.165, 1.54) is 0 Å². The van der Waals surface area contributed by atoms with Gasteiger partial charge in [-0.3, -0.25) is 4.79 Å². The van der Waals surface area contributed by atoms with Gasteiger partial charge in [0.25, 0.3) is 0 Å². The van der Waals surface area contributed by atoms with Crippen molar-refractivity contribution in [3.8, 4) is 5.75 Å². The van der Waals surface area contributed by atoms with Crippen LogP contribution in [0.15, 0.2) is 18.2 Å². The van der Waals surface area contributed by atoms with Crippen LogP contribution in [-0.2, 0) is 6.42 Å². The summed E-state index contributed by atoms with van der Waals surface area (Å²) in [5.41, 5.74) is 1.73. The standard InChI is InChI=1S/C12H13BrO2/c1-12(2)6-5-8-7-9(11(13)14)3-4-10(8)15-12/h3-4,7H,5-6H2,1-2H3. The van der Waals surface area contributed by atoms with Crippen molar-refractivity contribution in [1.29, 1.82) is 0 Å². The number of hydrogen-bond donors (Lipinski definition) is 0. The first kappa shape index (κ1) is 10.7. The van der Waals surface area contributed by atoms with E-state index in [1.807, 2.05) is 12.1 Å². The number of carbonyl (C=O) groups is 1. The molecular formula is C12H13BrO2. The lowest BCUT2D eigenvalue weighted by atomic mass is 9.93. The minimum absolute atomic E-state index is 0.0740. The van der Waals surface area contributed by atoms with Crippen LogP contribution < -0.4 is 4.74 Å². The van der Waals surface area contributed by atoms with Gasteiger partial charge in [-0.05, 0) is 66.4 Å². The van der Waals surface area contributed by atoms with Crippen LogP contribution in [0.2, 0.25) is 0 Å². The lowest BCUT2D eigenvalue weighted by Crippen LogP contribution is -2.32. The maximum atomic E-state index is 11.1. The number of hydrogen-bond acceptors (Lipinski definition) is 2. The van der Waals surface area contributed by atoms with E-state index in [9.17, 15) is 4.79 Å². The smallest absolute Gasteiger partial charge is 0.228 e. The minimum atomic E-state index is -0.0903. The highest BCUT2D eigenvalue weighted by molar-refractivity contribution is 9.18. The lowest BCUT2D eigenvalue weighted by Gasteiger charge is -2.32. The van der Waals surface area contributed by atoms with Gasteiger partial charge in [-0.1, -0.05) is 0 Å². The second-order valence-electron chi connectivity index (χ2n) is 4.46. The molecule has 0 bridgehead atoms. The largest absolute Gasteiger partial charge is 0.488 e. The van der Waals surface area contributed by atoms with E-state index < -0.39 is 0 Å². The van der Waals surface area contributed by atoms with E-state index in [0.717, 1.165) is 24.2 Å². The van der Waals surface area contributed by atoms with Gasteiger partial charge in [-0.25, -0.2) is 0 Å². The summed E-state index contributed by atoms with van der Waals surface area (Å²) in [4.78, 5) is 11.1. The molecule has 0 fully saturated rings. The van der Waals surface area contributed by atoms with Crippen molar-refractivity contribution in [2.24, 2.45) is 0 Å². The van der Waals surface area contributed by atoms with Crippen molar-refractivity contribution >= 4 is 20.6 Å². The Morgan fingerprint density at radius 2 is 2.20 bits per heavy atom. The maximum absolute atomic E-state index is 11.1. The number of rotatable bonds is 1. The average Bonchev–Trinajstić information content (AvgIpc) is 2.15. The molecule has 1 aromatic rings. The predicted molar refractivity (Wildman–Crippen MR) is 62.7 cm³/mol. The average molecular weight is 269 g/mol. The number of fused-ring (bicyclic) bond motifs is 1. The summed E-state index contributed by atoms with van der Waals surface area (Å²) in [6.07, 6.45) is 1.95. The molecule has 0 N–H and O–H groups in total. The zero-order valence-corrected chi connectivity index (χ0v) is 10.4.